The molecule has 0 aromatic heterocycles. The van der Waals surface area contributed by atoms with Crippen LogP contribution in [0.25, 0.3) is 0 Å². The number of likely N-dealkylation sites (N-methyl/N-ethyl adjacent to an activating group) is 1. The molecule has 2 rings (SSSR count). The third kappa shape index (κ3) is 4.43. The zero-order valence-electron chi connectivity index (χ0n) is 15.0. The predicted octanol–water partition coefficient (Wildman–Crippen LogP) is 2.82. The van der Waals surface area contributed by atoms with E-state index < -0.39 is 0 Å². The Hall–Kier alpha value is -0.120. The molecule has 3 unspecified atom stereocenters. The summed E-state index contributed by atoms with van der Waals surface area (Å²) in [6.07, 6.45) is 6.79. The Morgan fingerprint density at radius 1 is 1.24 bits per heavy atom. The van der Waals surface area contributed by atoms with Crippen LogP contribution in [-0.4, -0.2) is 62.2 Å². The van der Waals surface area contributed by atoms with Gasteiger partial charge in [0, 0.05) is 25.2 Å². The summed E-state index contributed by atoms with van der Waals surface area (Å²) in [6, 6.07) is 1.47. The van der Waals surface area contributed by atoms with E-state index in [4.69, 9.17) is 0 Å². The Morgan fingerprint density at radius 3 is 2.62 bits per heavy atom. The molecule has 0 radical (unpaired) electrons. The van der Waals surface area contributed by atoms with E-state index in [0.29, 0.717) is 11.5 Å². The number of rotatable bonds is 6. The lowest BCUT2D eigenvalue weighted by Gasteiger charge is -2.46. The minimum Gasteiger partial charge on any atom is -0.313 e. The van der Waals surface area contributed by atoms with Crippen molar-refractivity contribution in [1.29, 1.82) is 0 Å². The third-order valence-corrected chi connectivity index (χ3v) is 5.79. The summed E-state index contributed by atoms with van der Waals surface area (Å²) in [5, 5.41) is 3.88. The molecule has 1 N–H and O–H groups in total. The van der Waals surface area contributed by atoms with Crippen molar-refractivity contribution >= 4 is 0 Å². The molecule has 21 heavy (non-hydrogen) atoms. The molecule has 3 nitrogen and oxygen atoms in total. The van der Waals surface area contributed by atoms with Gasteiger partial charge >= 0.3 is 0 Å². The van der Waals surface area contributed by atoms with Gasteiger partial charge in [-0.25, -0.2) is 0 Å². The Balaban J connectivity index is 1.93. The lowest BCUT2D eigenvalue weighted by Crippen LogP contribution is -2.53. The Bertz CT molecular complexity index is 314. The molecular formula is C18H37N3. The maximum atomic E-state index is 3.88. The van der Waals surface area contributed by atoms with Crippen LogP contribution in [0, 0.1) is 11.3 Å². The normalized spacial score (nSPS) is 33.7. The molecule has 1 aliphatic heterocycles. The maximum absolute atomic E-state index is 3.88. The SMILES string of the molecule is CCCNC1C(CN2CCC(N(C)C)C2)CCCC1(C)C. The highest BCUT2D eigenvalue weighted by molar-refractivity contribution is 4.95. The second-order valence-corrected chi connectivity index (χ2v) is 8.24. The molecule has 1 saturated heterocycles. The van der Waals surface area contributed by atoms with Gasteiger partial charge in [-0.15, -0.1) is 0 Å². The fraction of sp³-hybridized carbons (Fsp3) is 1.00. The first-order valence-electron chi connectivity index (χ1n) is 9.06. The van der Waals surface area contributed by atoms with Crippen molar-refractivity contribution in [3.63, 3.8) is 0 Å². The topological polar surface area (TPSA) is 18.5 Å². The molecule has 0 aromatic carbocycles. The van der Waals surface area contributed by atoms with E-state index in [1.165, 1.54) is 58.3 Å². The zero-order chi connectivity index (χ0) is 15.5. The van der Waals surface area contributed by atoms with E-state index in [-0.39, 0.29) is 0 Å². The molecule has 3 atom stereocenters. The van der Waals surface area contributed by atoms with Gasteiger partial charge in [-0.3, -0.25) is 0 Å². The van der Waals surface area contributed by atoms with Gasteiger partial charge in [0.2, 0.25) is 0 Å². The van der Waals surface area contributed by atoms with Crippen molar-refractivity contribution in [2.45, 2.75) is 65.0 Å². The van der Waals surface area contributed by atoms with Crippen molar-refractivity contribution in [2.24, 2.45) is 11.3 Å². The van der Waals surface area contributed by atoms with Crippen LogP contribution in [0.5, 0.6) is 0 Å². The summed E-state index contributed by atoms with van der Waals surface area (Å²) in [7, 11) is 4.45. The number of nitrogens with one attached hydrogen (secondary N) is 1. The summed E-state index contributed by atoms with van der Waals surface area (Å²) < 4.78 is 0. The van der Waals surface area contributed by atoms with Crippen molar-refractivity contribution in [3.05, 3.63) is 0 Å². The molecule has 0 spiro atoms. The quantitative estimate of drug-likeness (QED) is 0.813. The minimum atomic E-state index is 0.457. The van der Waals surface area contributed by atoms with Crippen LogP contribution >= 0.6 is 0 Å². The molecular weight excluding hydrogens is 258 g/mol. The van der Waals surface area contributed by atoms with Crippen LogP contribution in [0.3, 0.4) is 0 Å². The summed E-state index contributed by atoms with van der Waals surface area (Å²) in [5.41, 5.74) is 0.457. The van der Waals surface area contributed by atoms with Crippen molar-refractivity contribution < 1.29 is 0 Å². The fourth-order valence-corrected chi connectivity index (χ4v) is 4.45. The lowest BCUT2D eigenvalue weighted by atomic mass is 9.67. The number of hydrogen-bond donors (Lipinski definition) is 1. The predicted molar refractivity (Wildman–Crippen MR) is 91.7 cm³/mol. The summed E-state index contributed by atoms with van der Waals surface area (Å²) in [5.74, 6) is 0.834. The molecule has 0 aromatic rings. The monoisotopic (exact) mass is 295 g/mol. The molecule has 1 heterocycles. The Labute approximate surface area is 132 Å². The van der Waals surface area contributed by atoms with Crippen LogP contribution in [-0.2, 0) is 0 Å². The molecule has 1 aliphatic carbocycles. The second-order valence-electron chi connectivity index (χ2n) is 8.24. The van der Waals surface area contributed by atoms with Gasteiger partial charge in [0.05, 0.1) is 0 Å². The lowest BCUT2D eigenvalue weighted by molar-refractivity contribution is 0.0833. The van der Waals surface area contributed by atoms with E-state index in [1.54, 1.807) is 0 Å². The largest absolute Gasteiger partial charge is 0.313 e. The summed E-state index contributed by atoms with van der Waals surface area (Å²) in [4.78, 5) is 5.12. The van der Waals surface area contributed by atoms with Gasteiger partial charge in [0.15, 0.2) is 0 Å². The van der Waals surface area contributed by atoms with Crippen LogP contribution in [0.4, 0.5) is 0 Å². The standard InChI is InChI=1S/C18H37N3/c1-6-11-19-17-15(8-7-10-18(17,2)3)13-21-12-9-16(14-21)20(4)5/h15-17,19H,6-14H2,1-5H3. The van der Waals surface area contributed by atoms with Gasteiger partial charge in [-0.05, 0) is 64.2 Å². The minimum absolute atomic E-state index is 0.457. The number of hydrogen-bond acceptors (Lipinski definition) is 3. The maximum Gasteiger partial charge on any atom is 0.0229 e. The first kappa shape index (κ1) is 17.2. The van der Waals surface area contributed by atoms with E-state index in [9.17, 15) is 0 Å². The molecule has 0 bridgehead atoms. The van der Waals surface area contributed by atoms with Crippen LogP contribution in [0.2, 0.25) is 0 Å². The van der Waals surface area contributed by atoms with Crippen LogP contribution in [0.1, 0.15) is 52.9 Å². The zero-order valence-corrected chi connectivity index (χ0v) is 15.0. The highest BCUT2D eigenvalue weighted by Gasteiger charge is 2.39. The molecule has 1 saturated carbocycles. The van der Waals surface area contributed by atoms with Crippen LogP contribution in [0.15, 0.2) is 0 Å². The molecule has 2 fully saturated rings. The van der Waals surface area contributed by atoms with Gasteiger partial charge in [-0.1, -0.05) is 27.2 Å². The smallest absolute Gasteiger partial charge is 0.0229 e. The van der Waals surface area contributed by atoms with E-state index in [0.717, 1.165) is 12.0 Å². The molecule has 124 valence electrons. The molecule has 3 heteroatoms. The van der Waals surface area contributed by atoms with Gasteiger partial charge in [-0.2, -0.15) is 0 Å². The van der Waals surface area contributed by atoms with Crippen molar-refractivity contribution in [1.82, 2.24) is 15.1 Å². The van der Waals surface area contributed by atoms with Crippen molar-refractivity contribution in [2.75, 3.05) is 40.3 Å². The molecule has 0 amide bonds. The van der Waals surface area contributed by atoms with Gasteiger partial charge in [0.1, 0.15) is 0 Å². The summed E-state index contributed by atoms with van der Waals surface area (Å²) >= 11 is 0. The van der Waals surface area contributed by atoms with Crippen molar-refractivity contribution in [3.8, 4) is 0 Å². The first-order chi connectivity index (χ1) is 9.94. The van der Waals surface area contributed by atoms with E-state index in [2.05, 4.69) is 50.0 Å². The fourth-order valence-electron chi connectivity index (χ4n) is 4.45. The Morgan fingerprint density at radius 2 is 2.00 bits per heavy atom. The third-order valence-electron chi connectivity index (χ3n) is 5.79. The number of nitrogens with zero attached hydrogens (tertiary/aromatic N) is 2. The highest BCUT2D eigenvalue weighted by Crippen LogP contribution is 2.39. The van der Waals surface area contributed by atoms with E-state index >= 15 is 0 Å². The second kappa shape index (κ2) is 7.43. The van der Waals surface area contributed by atoms with E-state index in [1.807, 2.05) is 0 Å². The van der Waals surface area contributed by atoms with Gasteiger partial charge < -0.3 is 15.1 Å². The molecule has 2 aliphatic rings. The van der Waals surface area contributed by atoms with Crippen LogP contribution < -0.4 is 5.32 Å². The highest BCUT2D eigenvalue weighted by atomic mass is 15.2. The Kier molecular flexibility index (Phi) is 6.10. The summed E-state index contributed by atoms with van der Waals surface area (Å²) in [6.45, 7) is 12.3. The van der Waals surface area contributed by atoms with Gasteiger partial charge in [0.25, 0.3) is 0 Å². The number of likely N-dealkylation sites (tertiary alicyclic amines) is 1. The average Bonchev–Trinajstić information content (AvgIpc) is 2.86. The first-order valence-corrected chi connectivity index (χ1v) is 9.06. The average molecular weight is 296 g/mol.